The topological polar surface area (TPSA) is 41.9 Å². The first-order chi connectivity index (χ1) is 16.0. The minimum absolute atomic E-state index is 0.0273. The first kappa shape index (κ1) is 23.5. The third-order valence-corrected chi connectivity index (χ3v) is 7.26. The number of ether oxygens (including phenoxy) is 1. The van der Waals surface area contributed by atoms with Crippen molar-refractivity contribution in [3.05, 3.63) is 76.2 Å². The van der Waals surface area contributed by atoms with E-state index in [-0.39, 0.29) is 5.91 Å². The molecule has 0 radical (unpaired) electrons. The van der Waals surface area contributed by atoms with Crippen LogP contribution in [-0.4, -0.2) is 41.6 Å². The standard InChI is InChI=1S/C27H28N2O2S2/c1-18-6-11-24(19(2)14-18)28-27-29(12-5-13-32-4)26(30)25(33-27)16-20-7-8-22-17-23(31-3)10-9-21(22)15-20/h6-11,14-17H,5,12-13H2,1-4H3. The molecule has 0 saturated carbocycles. The number of hydrogen-bond donors (Lipinski definition) is 0. The summed E-state index contributed by atoms with van der Waals surface area (Å²) in [5, 5.41) is 2.98. The first-order valence-electron chi connectivity index (χ1n) is 10.9. The van der Waals surface area contributed by atoms with Crippen molar-refractivity contribution in [1.29, 1.82) is 0 Å². The molecule has 0 spiro atoms. The Morgan fingerprint density at radius 2 is 1.85 bits per heavy atom. The second kappa shape index (κ2) is 10.5. The number of thioether (sulfide) groups is 2. The zero-order valence-corrected chi connectivity index (χ0v) is 21.1. The highest BCUT2D eigenvalue weighted by molar-refractivity contribution is 8.18. The van der Waals surface area contributed by atoms with E-state index in [0.717, 1.165) is 50.7 Å². The number of benzene rings is 3. The molecule has 0 atom stereocenters. The molecule has 170 valence electrons. The molecule has 1 amide bonds. The van der Waals surface area contributed by atoms with Gasteiger partial charge in [0.1, 0.15) is 5.75 Å². The van der Waals surface area contributed by atoms with Crippen LogP contribution in [0.1, 0.15) is 23.1 Å². The van der Waals surface area contributed by atoms with Gasteiger partial charge in [0.2, 0.25) is 0 Å². The van der Waals surface area contributed by atoms with Gasteiger partial charge in [0, 0.05) is 6.54 Å². The molecular formula is C27H28N2O2S2. The number of amides is 1. The summed E-state index contributed by atoms with van der Waals surface area (Å²) in [7, 11) is 1.67. The molecule has 3 aromatic rings. The Bertz CT molecular complexity index is 1250. The molecule has 0 N–H and O–H groups in total. The van der Waals surface area contributed by atoms with Gasteiger partial charge in [0.15, 0.2) is 5.17 Å². The van der Waals surface area contributed by atoms with Crippen molar-refractivity contribution in [3.63, 3.8) is 0 Å². The van der Waals surface area contributed by atoms with Gasteiger partial charge in [-0.1, -0.05) is 35.9 Å². The monoisotopic (exact) mass is 476 g/mol. The highest BCUT2D eigenvalue weighted by Gasteiger charge is 2.33. The number of hydrogen-bond acceptors (Lipinski definition) is 5. The quantitative estimate of drug-likeness (QED) is 0.277. The summed E-state index contributed by atoms with van der Waals surface area (Å²) >= 11 is 3.25. The van der Waals surface area contributed by atoms with Gasteiger partial charge in [-0.2, -0.15) is 11.8 Å². The van der Waals surface area contributed by atoms with Crippen molar-refractivity contribution >= 4 is 57.1 Å². The van der Waals surface area contributed by atoms with Gasteiger partial charge in [-0.3, -0.25) is 9.69 Å². The van der Waals surface area contributed by atoms with Crippen LogP contribution in [0.2, 0.25) is 0 Å². The van der Waals surface area contributed by atoms with Crippen molar-refractivity contribution in [2.75, 3.05) is 25.7 Å². The summed E-state index contributed by atoms with van der Waals surface area (Å²) < 4.78 is 5.32. The van der Waals surface area contributed by atoms with Gasteiger partial charge in [-0.05, 0) is 96.3 Å². The average molecular weight is 477 g/mol. The lowest BCUT2D eigenvalue weighted by molar-refractivity contribution is -0.122. The Morgan fingerprint density at radius 3 is 2.61 bits per heavy atom. The van der Waals surface area contributed by atoms with Crippen LogP contribution in [0, 0.1) is 13.8 Å². The van der Waals surface area contributed by atoms with Crippen LogP contribution in [0.15, 0.2) is 64.5 Å². The zero-order valence-electron chi connectivity index (χ0n) is 19.4. The summed E-state index contributed by atoms with van der Waals surface area (Å²) in [6.45, 7) is 4.81. The fraction of sp³-hybridized carbons (Fsp3) is 0.259. The van der Waals surface area contributed by atoms with Gasteiger partial charge in [0.05, 0.1) is 17.7 Å². The number of carbonyl (C=O) groups excluding carboxylic acids is 1. The maximum absolute atomic E-state index is 13.3. The Balaban J connectivity index is 1.67. The average Bonchev–Trinajstić information content (AvgIpc) is 3.09. The van der Waals surface area contributed by atoms with Crippen molar-refractivity contribution in [3.8, 4) is 5.75 Å². The molecule has 6 heteroatoms. The molecule has 1 aliphatic rings. The summed E-state index contributed by atoms with van der Waals surface area (Å²) in [4.78, 5) is 20.8. The fourth-order valence-electron chi connectivity index (χ4n) is 3.80. The molecule has 0 unspecified atom stereocenters. The minimum Gasteiger partial charge on any atom is -0.497 e. The molecule has 1 aliphatic heterocycles. The minimum atomic E-state index is 0.0273. The Kier molecular flexibility index (Phi) is 7.46. The third-order valence-electron chi connectivity index (χ3n) is 5.56. The van der Waals surface area contributed by atoms with Crippen LogP contribution in [0.5, 0.6) is 5.75 Å². The van der Waals surface area contributed by atoms with E-state index in [2.05, 4.69) is 44.4 Å². The molecule has 0 aromatic heterocycles. The molecule has 1 saturated heterocycles. The van der Waals surface area contributed by atoms with Gasteiger partial charge in [-0.25, -0.2) is 4.99 Å². The number of aryl methyl sites for hydroxylation is 2. The summed E-state index contributed by atoms with van der Waals surface area (Å²) in [6.07, 6.45) is 5.00. The molecule has 33 heavy (non-hydrogen) atoms. The lowest BCUT2D eigenvalue weighted by atomic mass is 10.1. The largest absolute Gasteiger partial charge is 0.497 e. The molecule has 0 bridgehead atoms. The predicted octanol–water partition coefficient (Wildman–Crippen LogP) is 6.82. The molecule has 3 aromatic carbocycles. The molecule has 4 nitrogen and oxygen atoms in total. The molecule has 0 aliphatic carbocycles. The molecule has 1 fully saturated rings. The lowest BCUT2D eigenvalue weighted by Gasteiger charge is -2.15. The highest BCUT2D eigenvalue weighted by Crippen LogP contribution is 2.35. The van der Waals surface area contributed by atoms with Gasteiger partial charge in [0.25, 0.3) is 5.91 Å². The third kappa shape index (κ3) is 5.45. The van der Waals surface area contributed by atoms with Gasteiger partial charge < -0.3 is 4.74 Å². The van der Waals surface area contributed by atoms with Gasteiger partial charge >= 0.3 is 0 Å². The van der Waals surface area contributed by atoms with E-state index in [1.165, 1.54) is 17.3 Å². The van der Waals surface area contributed by atoms with E-state index < -0.39 is 0 Å². The number of fused-ring (bicyclic) bond motifs is 1. The number of amidine groups is 1. The second-order valence-electron chi connectivity index (χ2n) is 8.07. The molecular weight excluding hydrogens is 448 g/mol. The Labute approximate surface area is 204 Å². The van der Waals surface area contributed by atoms with Crippen LogP contribution >= 0.6 is 23.5 Å². The summed E-state index contributed by atoms with van der Waals surface area (Å²) in [6, 6.07) is 18.4. The van der Waals surface area contributed by atoms with Crippen LogP contribution in [0.4, 0.5) is 5.69 Å². The normalized spacial score (nSPS) is 16.4. The molecule has 1 heterocycles. The SMILES string of the molecule is COc1ccc2cc(C=C3SC(=Nc4ccc(C)cc4C)N(CCCSC)C3=O)ccc2c1. The van der Waals surface area contributed by atoms with E-state index in [1.807, 2.05) is 41.3 Å². The Morgan fingerprint density at radius 1 is 1.06 bits per heavy atom. The highest BCUT2D eigenvalue weighted by atomic mass is 32.2. The van der Waals surface area contributed by atoms with Crippen molar-refractivity contribution < 1.29 is 9.53 Å². The maximum atomic E-state index is 13.3. The second-order valence-corrected chi connectivity index (χ2v) is 10.1. The van der Waals surface area contributed by atoms with E-state index in [0.29, 0.717) is 11.4 Å². The smallest absolute Gasteiger partial charge is 0.266 e. The van der Waals surface area contributed by atoms with E-state index in [1.54, 1.807) is 18.9 Å². The number of carbonyl (C=O) groups is 1. The zero-order chi connectivity index (χ0) is 23.4. The number of methoxy groups -OCH3 is 1. The van der Waals surface area contributed by atoms with Crippen LogP contribution < -0.4 is 4.74 Å². The molecule has 4 rings (SSSR count). The Hall–Kier alpha value is -2.70. The maximum Gasteiger partial charge on any atom is 0.266 e. The summed E-state index contributed by atoms with van der Waals surface area (Å²) in [5.74, 6) is 1.88. The van der Waals surface area contributed by atoms with Crippen molar-refractivity contribution in [1.82, 2.24) is 4.90 Å². The summed E-state index contributed by atoms with van der Waals surface area (Å²) in [5.41, 5.74) is 4.23. The van der Waals surface area contributed by atoms with Crippen LogP contribution in [0.25, 0.3) is 16.8 Å². The van der Waals surface area contributed by atoms with Gasteiger partial charge in [-0.15, -0.1) is 0 Å². The predicted molar refractivity (Wildman–Crippen MR) is 144 cm³/mol. The van der Waals surface area contributed by atoms with E-state index in [4.69, 9.17) is 9.73 Å². The van der Waals surface area contributed by atoms with E-state index in [9.17, 15) is 4.79 Å². The lowest BCUT2D eigenvalue weighted by Crippen LogP contribution is -2.30. The van der Waals surface area contributed by atoms with Crippen molar-refractivity contribution in [2.45, 2.75) is 20.3 Å². The fourth-order valence-corrected chi connectivity index (χ4v) is 5.24. The van der Waals surface area contributed by atoms with Crippen LogP contribution in [0.3, 0.4) is 0 Å². The van der Waals surface area contributed by atoms with E-state index >= 15 is 0 Å². The number of nitrogens with zero attached hydrogens (tertiary/aromatic N) is 2. The number of rotatable bonds is 7. The van der Waals surface area contributed by atoms with Crippen LogP contribution in [-0.2, 0) is 4.79 Å². The first-order valence-corrected chi connectivity index (χ1v) is 13.1. The van der Waals surface area contributed by atoms with Crippen molar-refractivity contribution in [2.24, 2.45) is 4.99 Å². The number of aliphatic imine (C=N–C) groups is 1.